The number of aliphatic carboxylic acids is 1. The highest BCUT2D eigenvalue weighted by atomic mass is 16.4. The normalized spacial score (nSPS) is 13.0. The Morgan fingerprint density at radius 2 is 1.73 bits per heavy atom. The van der Waals surface area contributed by atoms with Crippen molar-refractivity contribution in [1.82, 2.24) is 10.6 Å². The smallest absolute Gasteiger partial charge is 0.308 e. The van der Waals surface area contributed by atoms with Gasteiger partial charge >= 0.3 is 5.97 Å². The van der Waals surface area contributed by atoms with Crippen LogP contribution in [0.5, 0.6) is 0 Å². The fourth-order valence-electron chi connectivity index (χ4n) is 1.82. The molecule has 2 unspecified atom stereocenters. The fraction of sp³-hybridized carbons (Fsp3) is 0.438. The molecule has 1 aromatic carbocycles. The van der Waals surface area contributed by atoms with Gasteiger partial charge in [0.2, 0.25) is 11.8 Å². The van der Waals surface area contributed by atoms with Crippen LogP contribution in [0.3, 0.4) is 0 Å². The Labute approximate surface area is 129 Å². The second-order valence-electron chi connectivity index (χ2n) is 5.25. The van der Waals surface area contributed by atoms with E-state index >= 15 is 0 Å². The average Bonchev–Trinajstić information content (AvgIpc) is 2.47. The quantitative estimate of drug-likeness (QED) is 0.666. The van der Waals surface area contributed by atoms with E-state index in [2.05, 4.69) is 10.6 Å². The molecule has 0 heterocycles. The number of benzene rings is 1. The minimum atomic E-state index is -0.955. The molecule has 0 aliphatic rings. The Morgan fingerprint density at radius 3 is 2.32 bits per heavy atom. The molecule has 2 atom stereocenters. The molecule has 0 spiro atoms. The molecule has 0 saturated carbocycles. The van der Waals surface area contributed by atoms with Gasteiger partial charge in [0.1, 0.15) is 0 Å². The second kappa shape index (κ2) is 8.81. The van der Waals surface area contributed by atoms with Crippen molar-refractivity contribution in [2.24, 2.45) is 5.92 Å². The fourth-order valence-corrected chi connectivity index (χ4v) is 1.82. The molecule has 0 aromatic heterocycles. The molecule has 0 aliphatic carbocycles. The lowest BCUT2D eigenvalue weighted by atomic mass is 10.0. The van der Waals surface area contributed by atoms with Crippen LogP contribution >= 0.6 is 0 Å². The van der Waals surface area contributed by atoms with Gasteiger partial charge < -0.3 is 15.7 Å². The van der Waals surface area contributed by atoms with E-state index in [1.54, 1.807) is 6.92 Å². The monoisotopic (exact) mass is 306 g/mol. The molecular formula is C16H22N2O4. The first-order valence-electron chi connectivity index (χ1n) is 7.23. The Balaban J connectivity index is 2.24. The maximum absolute atomic E-state index is 11.7. The van der Waals surface area contributed by atoms with Gasteiger partial charge in [-0.05, 0) is 19.4 Å². The van der Waals surface area contributed by atoms with Crippen molar-refractivity contribution in [3.8, 4) is 0 Å². The van der Waals surface area contributed by atoms with Crippen LogP contribution in [0.1, 0.15) is 25.8 Å². The van der Waals surface area contributed by atoms with Gasteiger partial charge in [-0.3, -0.25) is 14.4 Å². The van der Waals surface area contributed by atoms with Gasteiger partial charge in [-0.2, -0.15) is 0 Å². The minimum absolute atomic E-state index is 0.122. The van der Waals surface area contributed by atoms with Crippen molar-refractivity contribution in [3.05, 3.63) is 35.9 Å². The number of hydrogen-bond donors (Lipinski definition) is 3. The van der Waals surface area contributed by atoms with Gasteiger partial charge in [0, 0.05) is 19.0 Å². The number of carbonyl (C=O) groups excluding carboxylic acids is 2. The summed E-state index contributed by atoms with van der Waals surface area (Å²) in [5.74, 6) is -2.04. The first kappa shape index (κ1) is 17.7. The average molecular weight is 306 g/mol. The van der Waals surface area contributed by atoms with Crippen molar-refractivity contribution in [1.29, 1.82) is 0 Å². The lowest BCUT2D eigenvalue weighted by Gasteiger charge is -2.17. The van der Waals surface area contributed by atoms with Crippen molar-refractivity contribution in [2.75, 3.05) is 6.54 Å². The van der Waals surface area contributed by atoms with E-state index < -0.39 is 17.9 Å². The van der Waals surface area contributed by atoms with Crippen LogP contribution in [0.4, 0.5) is 0 Å². The number of carbonyl (C=O) groups is 3. The molecule has 3 N–H and O–H groups in total. The number of carboxylic acid groups (broad SMARTS) is 1. The number of carboxylic acids is 1. The molecule has 1 rings (SSSR count). The predicted octanol–water partition coefficient (Wildman–Crippen LogP) is 0.961. The summed E-state index contributed by atoms with van der Waals surface area (Å²) in [6, 6.07) is 8.88. The molecule has 0 radical (unpaired) electrons. The highest BCUT2D eigenvalue weighted by Crippen LogP contribution is 2.02. The molecule has 0 bridgehead atoms. The Bertz CT molecular complexity index is 516. The third kappa shape index (κ3) is 6.39. The minimum Gasteiger partial charge on any atom is -0.481 e. The summed E-state index contributed by atoms with van der Waals surface area (Å²) in [6.07, 6.45) is 0.395. The number of nitrogens with one attached hydrogen (secondary N) is 2. The van der Waals surface area contributed by atoms with E-state index in [1.165, 1.54) is 6.92 Å². The first-order valence-corrected chi connectivity index (χ1v) is 7.23. The van der Waals surface area contributed by atoms with Crippen molar-refractivity contribution in [2.45, 2.75) is 32.7 Å². The van der Waals surface area contributed by atoms with E-state index in [4.69, 9.17) is 5.11 Å². The highest BCUT2D eigenvalue weighted by molar-refractivity contribution is 5.81. The first-order chi connectivity index (χ1) is 10.4. The lowest BCUT2D eigenvalue weighted by molar-refractivity contribution is -0.142. The van der Waals surface area contributed by atoms with E-state index in [1.807, 2.05) is 30.3 Å². The Hall–Kier alpha value is -2.37. The number of hydrogen-bond acceptors (Lipinski definition) is 3. The summed E-state index contributed by atoms with van der Waals surface area (Å²) in [7, 11) is 0. The van der Waals surface area contributed by atoms with Gasteiger partial charge in [-0.15, -0.1) is 0 Å². The van der Waals surface area contributed by atoms with Crippen LogP contribution in [0.25, 0.3) is 0 Å². The van der Waals surface area contributed by atoms with Gasteiger partial charge in [0.05, 0.1) is 12.3 Å². The van der Waals surface area contributed by atoms with Gasteiger partial charge in [0.15, 0.2) is 0 Å². The molecule has 2 amide bonds. The van der Waals surface area contributed by atoms with Crippen LogP contribution in [0, 0.1) is 5.92 Å². The molecule has 0 aliphatic heterocycles. The van der Waals surface area contributed by atoms with Crippen LogP contribution in [0.15, 0.2) is 30.3 Å². The van der Waals surface area contributed by atoms with E-state index in [-0.39, 0.29) is 31.2 Å². The van der Waals surface area contributed by atoms with E-state index in [0.717, 1.165) is 5.56 Å². The highest BCUT2D eigenvalue weighted by Gasteiger charge is 2.20. The zero-order valence-corrected chi connectivity index (χ0v) is 12.8. The Morgan fingerprint density at radius 1 is 1.09 bits per heavy atom. The second-order valence-corrected chi connectivity index (χ2v) is 5.25. The zero-order chi connectivity index (χ0) is 16.5. The maximum atomic E-state index is 11.7. The molecule has 0 saturated heterocycles. The molecule has 6 heteroatoms. The van der Waals surface area contributed by atoms with Crippen LogP contribution in [-0.4, -0.2) is 35.5 Å². The molecule has 22 heavy (non-hydrogen) atoms. The molecule has 6 nitrogen and oxygen atoms in total. The standard InChI is InChI=1S/C16H22N2O4/c1-11(16(21)22)12(2)18-14(19)8-9-17-15(20)10-13-6-4-3-5-7-13/h3-7,11-12H,8-10H2,1-2H3,(H,17,20)(H,18,19)(H,21,22). The van der Waals surface area contributed by atoms with E-state index in [9.17, 15) is 14.4 Å². The summed E-state index contributed by atoms with van der Waals surface area (Å²) >= 11 is 0. The Kier molecular flexibility index (Phi) is 7.08. The predicted molar refractivity (Wildman–Crippen MR) is 82.2 cm³/mol. The summed E-state index contributed by atoms with van der Waals surface area (Å²) in [5.41, 5.74) is 0.911. The van der Waals surface area contributed by atoms with Crippen molar-refractivity contribution >= 4 is 17.8 Å². The molecular weight excluding hydrogens is 284 g/mol. The van der Waals surface area contributed by atoms with Gasteiger partial charge in [0.25, 0.3) is 0 Å². The third-order valence-corrected chi connectivity index (χ3v) is 3.41. The summed E-state index contributed by atoms with van der Waals surface area (Å²) in [5, 5.41) is 14.1. The van der Waals surface area contributed by atoms with E-state index in [0.29, 0.717) is 0 Å². The number of amides is 2. The molecule has 120 valence electrons. The summed E-state index contributed by atoms with van der Waals surface area (Å²) in [4.78, 5) is 34.1. The topological polar surface area (TPSA) is 95.5 Å². The van der Waals surface area contributed by atoms with Gasteiger partial charge in [-0.1, -0.05) is 30.3 Å². The maximum Gasteiger partial charge on any atom is 0.308 e. The van der Waals surface area contributed by atoms with Gasteiger partial charge in [-0.25, -0.2) is 0 Å². The SMILES string of the molecule is CC(NC(=O)CCNC(=O)Cc1ccccc1)C(C)C(=O)O. The van der Waals surface area contributed by atoms with Crippen LogP contribution in [-0.2, 0) is 20.8 Å². The van der Waals surface area contributed by atoms with Crippen LogP contribution in [0.2, 0.25) is 0 Å². The van der Waals surface area contributed by atoms with Crippen LogP contribution < -0.4 is 10.6 Å². The number of rotatable bonds is 8. The lowest BCUT2D eigenvalue weighted by Crippen LogP contribution is -2.41. The summed E-state index contributed by atoms with van der Waals surface area (Å²) in [6.45, 7) is 3.41. The van der Waals surface area contributed by atoms with Crippen molar-refractivity contribution in [3.63, 3.8) is 0 Å². The molecule has 1 aromatic rings. The summed E-state index contributed by atoms with van der Waals surface area (Å²) < 4.78 is 0. The molecule has 0 fully saturated rings. The largest absolute Gasteiger partial charge is 0.481 e. The third-order valence-electron chi connectivity index (χ3n) is 3.41. The van der Waals surface area contributed by atoms with Crippen molar-refractivity contribution < 1.29 is 19.5 Å². The zero-order valence-electron chi connectivity index (χ0n) is 12.8.